The highest BCUT2D eigenvalue weighted by Crippen LogP contribution is 2.46. The van der Waals surface area contributed by atoms with Crippen LogP contribution in [0, 0.1) is 0 Å². The lowest BCUT2D eigenvalue weighted by Crippen LogP contribution is -2.48. The van der Waals surface area contributed by atoms with Crippen LogP contribution in [0.5, 0.6) is 0 Å². The van der Waals surface area contributed by atoms with Crippen LogP contribution in [0.4, 0.5) is 22.0 Å². The summed E-state index contributed by atoms with van der Waals surface area (Å²) in [5, 5.41) is 2.28. The maximum atomic E-state index is 13.7. The Morgan fingerprint density at radius 3 is 2.25 bits per heavy atom. The van der Waals surface area contributed by atoms with Crippen LogP contribution < -0.4 is 5.32 Å². The van der Waals surface area contributed by atoms with Gasteiger partial charge in [-0.2, -0.15) is 22.0 Å². The van der Waals surface area contributed by atoms with E-state index in [1.54, 1.807) is 13.0 Å². The second-order valence-corrected chi connectivity index (χ2v) is 5.94. The molecule has 1 unspecified atom stereocenters. The van der Waals surface area contributed by atoms with Gasteiger partial charge < -0.3 is 5.32 Å². The molecule has 20 heavy (non-hydrogen) atoms. The van der Waals surface area contributed by atoms with Crippen LogP contribution in [0.15, 0.2) is 27.1 Å². The van der Waals surface area contributed by atoms with Gasteiger partial charge in [-0.25, -0.2) is 0 Å². The quantitative estimate of drug-likeness (QED) is 0.619. The zero-order valence-corrected chi connectivity index (χ0v) is 13.5. The maximum absolute atomic E-state index is 13.7. The van der Waals surface area contributed by atoms with Crippen molar-refractivity contribution in [2.45, 2.75) is 31.5 Å². The number of benzene rings is 1. The highest BCUT2D eigenvalue weighted by atomic mass is 79.9. The Morgan fingerprint density at radius 1 is 1.15 bits per heavy atom. The number of hydrogen-bond acceptors (Lipinski definition) is 1. The zero-order valence-electron chi connectivity index (χ0n) is 10.4. The van der Waals surface area contributed by atoms with Crippen LogP contribution in [0.1, 0.15) is 24.9 Å². The molecule has 0 aliphatic carbocycles. The van der Waals surface area contributed by atoms with Crippen molar-refractivity contribution in [2.75, 3.05) is 6.54 Å². The van der Waals surface area contributed by atoms with E-state index in [1.807, 2.05) is 0 Å². The van der Waals surface area contributed by atoms with Crippen LogP contribution in [0.2, 0.25) is 0 Å². The summed E-state index contributed by atoms with van der Waals surface area (Å²) >= 11 is 6.10. The van der Waals surface area contributed by atoms with Crippen molar-refractivity contribution in [1.29, 1.82) is 0 Å². The van der Waals surface area contributed by atoms with E-state index in [-0.39, 0.29) is 16.6 Å². The Labute approximate surface area is 130 Å². The molecule has 0 amide bonds. The second kappa shape index (κ2) is 6.70. The van der Waals surface area contributed by atoms with E-state index in [0.717, 1.165) is 0 Å². The largest absolute Gasteiger partial charge is 0.455 e. The fraction of sp³-hybridized carbons (Fsp3) is 0.500. The van der Waals surface area contributed by atoms with E-state index in [9.17, 15) is 22.0 Å². The monoisotopic (exact) mass is 423 g/mol. The molecule has 1 N–H and O–H groups in total. The number of nitrogens with one attached hydrogen (secondary N) is 1. The maximum Gasteiger partial charge on any atom is 0.455 e. The fourth-order valence-electron chi connectivity index (χ4n) is 1.62. The molecule has 0 bridgehead atoms. The molecule has 0 aliphatic heterocycles. The lowest BCUT2D eigenvalue weighted by atomic mass is 10.00. The van der Waals surface area contributed by atoms with Crippen LogP contribution >= 0.6 is 31.9 Å². The van der Waals surface area contributed by atoms with Crippen molar-refractivity contribution in [1.82, 2.24) is 5.32 Å². The van der Waals surface area contributed by atoms with Gasteiger partial charge in [-0.1, -0.05) is 38.8 Å². The summed E-state index contributed by atoms with van der Waals surface area (Å²) in [7, 11) is 0. The summed E-state index contributed by atoms with van der Waals surface area (Å²) in [5.74, 6) is -4.87. The van der Waals surface area contributed by atoms with E-state index >= 15 is 0 Å². The summed E-state index contributed by atoms with van der Waals surface area (Å²) in [4.78, 5) is 0. The van der Waals surface area contributed by atoms with Crippen LogP contribution in [0.3, 0.4) is 0 Å². The van der Waals surface area contributed by atoms with Gasteiger partial charge in [-0.15, -0.1) is 0 Å². The molecule has 1 atom stereocenters. The highest BCUT2D eigenvalue weighted by molar-refractivity contribution is 9.11. The molecule has 114 valence electrons. The van der Waals surface area contributed by atoms with Gasteiger partial charge in [-0.05, 0) is 36.7 Å². The molecule has 0 fully saturated rings. The van der Waals surface area contributed by atoms with E-state index in [1.165, 1.54) is 12.1 Å². The molecule has 0 saturated heterocycles. The minimum absolute atomic E-state index is 0.0509. The van der Waals surface area contributed by atoms with E-state index in [2.05, 4.69) is 37.2 Å². The Kier molecular flexibility index (Phi) is 5.98. The first-order valence-electron chi connectivity index (χ1n) is 5.74. The predicted octanol–water partition coefficient (Wildman–Crippen LogP) is 5.45. The molecule has 0 spiro atoms. The smallest absolute Gasteiger partial charge is 0.305 e. The summed E-state index contributed by atoms with van der Waals surface area (Å²) in [6, 6.07) is 2.08. The lowest BCUT2D eigenvalue weighted by Gasteiger charge is -2.30. The number of hydrogen-bond donors (Lipinski definition) is 1. The van der Waals surface area contributed by atoms with Gasteiger partial charge in [0.15, 0.2) is 0 Å². The van der Waals surface area contributed by atoms with Crippen molar-refractivity contribution in [3.63, 3.8) is 0 Å². The first-order valence-corrected chi connectivity index (χ1v) is 7.32. The topological polar surface area (TPSA) is 12.0 Å². The summed E-state index contributed by atoms with van der Waals surface area (Å²) in [6.45, 7) is 1.74. The minimum Gasteiger partial charge on any atom is -0.305 e. The van der Waals surface area contributed by atoms with Gasteiger partial charge >= 0.3 is 12.1 Å². The number of rotatable bonds is 5. The number of alkyl halides is 5. The molecule has 0 saturated carbocycles. The Hall–Kier alpha value is -0.210. The van der Waals surface area contributed by atoms with Gasteiger partial charge in [0.25, 0.3) is 0 Å². The third-order valence-corrected chi connectivity index (χ3v) is 3.82. The van der Waals surface area contributed by atoms with E-state index in [4.69, 9.17) is 0 Å². The average molecular weight is 425 g/mol. The third kappa shape index (κ3) is 3.92. The Morgan fingerprint density at radius 2 is 1.75 bits per heavy atom. The highest BCUT2D eigenvalue weighted by Gasteiger charge is 2.62. The van der Waals surface area contributed by atoms with Gasteiger partial charge in [-0.3, -0.25) is 0 Å². The van der Waals surface area contributed by atoms with Gasteiger partial charge in [0.05, 0.1) is 0 Å². The van der Waals surface area contributed by atoms with Crippen molar-refractivity contribution in [3.05, 3.63) is 32.7 Å². The van der Waals surface area contributed by atoms with Gasteiger partial charge in [0, 0.05) is 8.95 Å². The van der Waals surface area contributed by atoms with Crippen molar-refractivity contribution >= 4 is 31.9 Å². The lowest BCUT2D eigenvalue weighted by molar-refractivity contribution is -0.294. The molecule has 0 radical (unpaired) electrons. The second-order valence-electron chi connectivity index (χ2n) is 4.17. The number of halogens is 7. The Balaban J connectivity index is 3.28. The summed E-state index contributed by atoms with van der Waals surface area (Å²) in [6.07, 6.45) is -5.18. The van der Waals surface area contributed by atoms with Crippen molar-refractivity contribution < 1.29 is 22.0 Å². The first kappa shape index (κ1) is 17.8. The molecular weight excluding hydrogens is 413 g/mol. The first-order chi connectivity index (χ1) is 9.11. The molecule has 1 aromatic rings. The van der Waals surface area contributed by atoms with E-state index in [0.29, 0.717) is 10.9 Å². The van der Waals surface area contributed by atoms with Crippen molar-refractivity contribution in [3.8, 4) is 0 Å². The molecular formula is C12H12Br2F5N. The van der Waals surface area contributed by atoms with Crippen LogP contribution in [-0.2, 0) is 0 Å². The van der Waals surface area contributed by atoms with Gasteiger partial charge in [0.1, 0.15) is 6.04 Å². The van der Waals surface area contributed by atoms with Crippen LogP contribution in [-0.4, -0.2) is 18.6 Å². The average Bonchev–Trinajstić information content (AvgIpc) is 2.32. The third-order valence-electron chi connectivity index (χ3n) is 2.61. The molecule has 1 aromatic carbocycles. The normalized spacial score (nSPS) is 14.4. The molecule has 1 rings (SSSR count). The molecule has 8 heteroatoms. The van der Waals surface area contributed by atoms with Crippen LogP contribution in [0.25, 0.3) is 0 Å². The Bertz CT molecular complexity index is 462. The summed E-state index contributed by atoms with van der Waals surface area (Å²) < 4.78 is 65.8. The SMILES string of the molecule is CCCNC(c1cc(Br)ccc1Br)C(F)(F)C(F)(F)F. The summed E-state index contributed by atoms with van der Waals surface area (Å²) in [5.41, 5.74) is -0.143. The fourth-order valence-corrected chi connectivity index (χ4v) is 2.48. The predicted molar refractivity (Wildman–Crippen MR) is 73.9 cm³/mol. The van der Waals surface area contributed by atoms with Gasteiger partial charge in [0.2, 0.25) is 0 Å². The molecule has 0 aromatic heterocycles. The standard InChI is InChI=1S/C12H12Br2F5N/c1-2-5-20-10(11(15,16)12(17,18)19)8-6-7(13)3-4-9(8)14/h3-4,6,10,20H,2,5H2,1H3. The zero-order chi connectivity index (χ0) is 15.6. The minimum atomic E-state index is -5.62. The molecule has 1 nitrogen and oxygen atoms in total. The molecule has 0 heterocycles. The molecule has 0 aliphatic rings. The van der Waals surface area contributed by atoms with E-state index < -0.39 is 18.1 Å². The van der Waals surface area contributed by atoms with Crippen molar-refractivity contribution in [2.24, 2.45) is 0 Å².